The summed E-state index contributed by atoms with van der Waals surface area (Å²) in [6, 6.07) is 5.37. The highest BCUT2D eigenvalue weighted by Crippen LogP contribution is 2.24. The van der Waals surface area contributed by atoms with Crippen LogP contribution in [0.4, 0.5) is 5.69 Å². The molecule has 6 nitrogen and oxygen atoms in total. The van der Waals surface area contributed by atoms with E-state index in [2.05, 4.69) is 5.32 Å². The number of hydrogen-bond donors (Lipinski definition) is 2. The molecule has 0 radical (unpaired) electrons. The topological polar surface area (TPSA) is 78.9 Å². The van der Waals surface area contributed by atoms with E-state index in [4.69, 9.17) is 9.84 Å². The molecule has 106 valence electrons. The molecule has 1 aliphatic heterocycles. The van der Waals surface area contributed by atoms with E-state index in [0.29, 0.717) is 0 Å². The minimum Gasteiger partial charge on any atom is -0.497 e. The number of amides is 2. The van der Waals surface area contributed by atoms with Crippen LogP contribution in [0.15, 0.2) is 30.0 Å². The third kappa shape index (κ3) is 2.65. The second-order valence-corrected chi connectivity index (χ2v) is 4.38. The predicted octanol–water partition coefficient (Wildman–Crippen LogP) is 0.661. The molecule has 2 amide bonds. The first-order chi connectivity index (χ1) is 9.56. The Morgan fingerprint density at radius 2 is 2.10 bits per heavy atom. The van der Waals surface area contributed by atoms with E-state index >= 15 is 0 Å². The maximum atomic E-state index is 12.0. The molecular formula is C14H16N2O4. The summed E-state index contributed by atoms with van der Waals surface area (Å²) in [5.74, 6) is -0.130. The number of nitrogens with zero attached hydrogens (tertiary/aromatic N) is 1. The van der Waals surface area contributed by atoms with Gasteiger partial charge in [-0.2, -0.15) is 0 Å². The maximum absolute atomic E-state index is 12.0. The summed E-state index contributed by atoms with van der Waals surface area (Å²) in [5.41, 5.74) is 1.83. The van der Waals surface area contributed by atoms with E-state index < -0.39 is 11.8 Å². The molecule has 2 N–H and O–H groups in total. The van der Waals surface area contributed by atoms with Gasteiger partial charge < -0.3 is 15.2 Å². The van der Waals surface area contributed by atoms with Crippen LogP contribution < -0.4 is 10.1 Å². The third-order valence-electron chi connectivity index (χ3n) is 3.04. The Balaban J connectivity index is 2.17. The van der Waals surface area contributed by atoms with Crippen LogP contribution >= 0.6 is 0 Å². The number of ether oxygens (including phenoxy) is 1. The minimum absolute atomic E-state index is 0.000934. The number of nitrogens with one attached hydrogen (secondary N) is 1. The molecule has 6 heteroatoms. The minimum atomic E-state index is -0.431. The van der Waals surface area contributed by atoms with Gasteiger partial charge >= 0.3 is 0 Å². The van der Waals surface area contributed by atoms with Crippen molar-refractivity contribution in [3.63, 3.8) is 0 Å². The molecule has 1 aliphatic rings. The van der Waals surface area contributed by atoms with E-state index in [1.807, 2.05) is 13.0 Å². The Labute approximate surface area is 116 Å². The van der Waals surface area contributed by atoms with Crippen molar-refractivity contribution in [2.45, 2.75) is 6.92 Å². The Hall–Kier alpha value is -2.34. The first kappa shape index (κ1) is 14.1. The number of imide groups is 1. The van der Waals surface area contributed by atoms with Crippen LogP contribution in [-0.2, 0) is 9.59 Å². The Morgan fingerprint density at radius 1 is 1.35 bits per heavy atom. The zero-order valence-electron chi connectivity index (χ0n) is 11.3. The molecule has 1 aromatic rings. The Bertz CT molecular complexity index is 581. The first-order valence-corrected chi connectivity index (χ1v) is 6.17. The second kappa shape index (κ2) is 5.75. The van der Waals surface area contributed by atoms with Crippen LogP contribution in [0.3, 0.4) is 0 Å². The number of aliphatic hydroxyl groups excluding tert-OH is 1. The van der Waals surface area contributed by atoms with Gasteiger partial charge in [0, 0.05) is 11.8 Å². The lowest BCUT2D eigenvalue weighted by Gasteiger charge is -2.14. The summed E-state index contributed by atoms with van der Waals surface area (Å²) in [5, 5.41) is 11.8. The van der Waals surface area contributed by atoms with Crippen LogP contribution in [0.1, 0.15) is 5.56 Å². The van der Waals surface area contributed by atoms with Crippen molar-refractivity contribution >= 4 is 17.5 Å². The van der Waals surface area contributed by atoms with Gasteiger partial charge in [0.25, 0.3) is 11.8 Å². The summed E-state index contributed by atoms with van der Waals surface area (Å²) in [4.78, 5) is 24.6. The first-order valence-electron chi connectivity index (χ1n) is 6.17. The lowest BCUT2D eigenvalue weighted by Crippen LogP contribution is -2.34. The number of β-amino-alcohol motifs (C(OH)–C–C–N with tert-alkyl or cyclic N) is 1. The lowest BCUT2D eigenvalue weighted by atomic mass is 10.2. The molecule has 1 aromatic carbocycles. The molecule has 0 bridgehead atoms. The fourth-order valence-electron chi connectivity index (χ4n) is 1.96. The summed E-state index contributed by atoms with van der Waals surface area (Å²) < 4.78 is 5.11. The highest BCUT2D eigenvalue weighted by atomic mass is 16.5. The number of anilines is 1. The van der Waals surface area contributed by atoms with E-state index in [0.717, 1.165) is 21.9 Å². The van der Waals surface area contributed by atoms with Crippen LogP contribution in [0.5, 0.6) is 5.75 Å². The average molecular weight is 276 g/mol. The van der Waals surface area contributed by atoms with E-state index in [9.17, 15) is 9.59 Å². The van der Waals surface area contributed by atoms with Crippen molar-refractivity contribution in [3.8, 4) is 5.75 Å². The largest absolute Gasteiger partial charge is 0.497 e. The van der Waals surface area contributed by atoms with Gasteiger partial charge in [-0.25, -0.2) is 0 Å². The number of methoxy groups -OCH3 is 1. The number of aliphatic hydroxyl groups is 1. The number of aryl methyl sites for hydroxylation is 1. The maximum Gasteiger partial charge on any atom is 0.277 e. The summed E-state index contributed by atoms with van der Waals surface area (Å²) in [6.45, 7) is 1.62. The van der Waals surface area contributed by atoms with Gasteiger partial charge in [0.2, 0.25) is 0 Å². The van der Waals surface area contributed by atoms with Crippen LogP contribution in [0.2, 0.25) is 0 Å². The van der Waals surface area contributed by atoms with E-state index in [1.165, 1.54) is 6.08 Å². The number of carbonyl (C=O) groups excluding carboxylic acids is 2. The monoisotopic (exact) mass is 276 g/mol. The molecule has 0 aromatic heterocycles. The van der Waals surface area contributed by atoms with Crippen molar-refractivity contribution < 1.29 is 19.4 Å². The zero-order chi connectivity index (χ0) is 14.7. The predicted molar refractivity (Wildman–Crippen MR) is 73.2 cm³/mol. The quantitative estimate of drug-likeness (QED) is 0.772. The van der Waals surface area contributed by atoms with Crippen molar-refractivity contribution in [1.82, 2.24) is 4.90 Å². The standard InChI is InChI=1S/C14H16N2O4/c1-9-7-10(20-2)3-4-11(9)15-12-8-13(18)16(5-6-17)14(12)19/h3-4,7-8,15,17H,5-6H2,1-2H3. The van der Waals surface area contributed by atoms with Crippen LogP contribution in [-0.4, -0.2) is 42.1 Å². The average Bonchev–Trinajstić information content (AvgIpc) is 2.69. The molecule has 0 aliphatic carbocycles. The van der Waals surface area contributed by atoms with Crippen molar-refractivity contribution in [3.05, 3.63) is 35.5 Å². The van der Waals surface area contributed by atoms with Gasteiger partial charge in [0.05, 0.1) is 20.3 Å². The SMILES string of the molecule is COc1ccc(NC2=CC(=O)N(CCO)C2=O)c(C)c1. The Morgan fingerprint density at radius 3 is 2.70 bits per heavy atom. The lowest BCUT2D eigenvalue weighted by molar-refractivity contribution is -0.137. The fraction of sp³-hybridized carbons (Fsp3) is 0.286. The highest BCUT2D eigenvalue weighted by Gasteiger charge is 2.30. The normalized spacial score (nSPS) is 14.6. The van der Waals surface area contributed by atoms with Crippen molar-refractivity contribution in [2.24, 2.45) is 0 Å². The molecule has 20 heavy (non-hydrogen) atoms. The van der Waals surface area contributed by atoms with Gasteiger partial charge in [-0.05, 0) is 30.7 Å². The number of carbonyl (C=O) groups is 2. The smallest absolute Gasteiger partial charge is 0.277 e. The second-order valence-electron chi connectivity index (χ2n) is 4.38. The molecule has 0 saturated heterocycles. The molecule has 2 rings (SSSR count). The van der Waals surface area contributed by atoms with Crippen molar-refractivity contribution in [2.75, 3.05) is 25.6 Å². The molecule has 0 unspecified atom stereocenters. The molecular weight excluding hydrogens is 260 g/mol. The van der Waals surface area contributed by atoms with Crippen LogP contribution in [0.25, 0.3) is 0 Å². The summed E-state index contributed by atoms with van der Waals surface area (Å²) in [6.07, 6.45) is 1.24. The highest BCUT2D eigenvalue weighted by molar-refractivity contribution is 6.17. The van der Waals surface area contributed by atoms with Gasteiger partial charge in [-0.3, -0.25) is 14.5 Å². The summed E-state index contributed by atoms with van der Waals surface area (Å²) in [7, 11) is 1.58. The molecule has 0 atom stereocenters. The number of benzene rings is 1. The molecule has 0 saturated carbocycles. The van der Waals surface area contributed by atoms with Gasteiger partial charge in [-0.1, -0.05) is 0 Å². The molecule has 0 fully saturated rings. The van der Waals surface area contributed by atoms with Crippen LogP contribution in [0, 0.1) is 6.92 Å². The van der Waals surface area contributed by atoms with E-state index in [1.54, 1.807) is 19.2 Å². The van der Waals surface area contributed by atoms with Gasteiger partial charge in [0.1, 0.15) is 11.4 Å². The summed E-state index contributed by atoms with van der Waals surface area (Å²) >= 11 is 0. The molecule has 0 spiro atoms. The Kier molecular flexibility index (Phi) is 4.05. The van der Waals surface area contributed by atoms with Gasteiger partial charge in [0.15, 0.2) is 0 Å². The zero-order valence-corrected chi connectivity index (χ0v) is 11.3. The van der Waals surface area contributed by atoms with E-state index in [-0.39, 0.29) is 18.8 Å². The van der Waals surface area contributed by atoms with Gasteiger partial charge in [-0.15, -0.1) is 0 Å². The molecule has 1 heterocycles. The fourth-order valence-corrected chi connectivity index (χ4v) is 1.96. The number of hydrogen-bond acceptors (Lipinski definition) is 5. The van der Waals surface area contributed by atoms with Crippen molar-refractivity contribution in [1.29, 1.82) is 0 Å². The number of rotatable bonds is 5. The third-order valence-corrected chi connectivity index (χ3v) is 3.04.